The molecule has 0 aliphatic rings. The molecule has 0 fully saturated rings. The van der Waals surface area contributed by atoms with Crippen molar-refractivity contribution in [1.29, 1.82) is 0 Å². The van der Waals surface area contributed by atoms with Gasteiger partial charge in [0.2, 0.25) is 11.8 Å². The second-order valence-corrected chi connectivity index (χ2v) is 8.42. The van der Waals surface area contributed by atoms with Crippen molar-refractivity contribution in [3.63, 3.8) is 0 Å². The molecule has 8 nitrogen and oxygen atoms in total. The van der Waals surface area contributed by atoms with E-state index in [9.17, 15) is 14.0 Å². The van der Waals surface area contributed by atoms with Crippen molar-refractivity contribution in [3.8, 4) is 5.75 Å². The number of aromatic nitrogens is 2. The van der Waals surface area contributed by atoms with Crippen molar-refractivity contribution >= 4 is 63.3 Å². The summed E-state index contributed by atoms with van der Waals surface area (Å²) < 4.78 is 19.2. The topological polar surface area (TPSA) is 105 Å². The van der Waals surface area contributed by atoms with Crippen molar-refractivity contribution in [2.75, 3.05) is 35.3 Å². The Kier molecular flexibility index (Phi) is 8.67. The average Bonchev–Trinajstić information content (AvgIpc) is 2.79. The van der Waals surface area contributed by atoms with Crippen LogP contribution in [0.25, 0.3) is 10.9 Å². The predicted octanol–water partition coefficient (Wildman–Crippen LogP) is 4.37. The molecule has 0 bridgehead atoms. The van der Waals surface area contributed by atoms with Crippen molar-refractivity contribution in [2.45, 2.75) is 13.8 Å². The number of ether oxygens (including phenoxy) is 1. The fourth-order valence-electron chi connectivity index (χ4n) is 2.89. The van der Waals surface area contributed by atoms with E-state index in [2.05, 4.69) is 25.9 Å². The first kappa shape index (κ1) is 24.5. The van der Waals surface area contributed by atoms with Crippen LogP contribution in [0.2, 0.25) is 5.02 Å². The molecular weight excluding hydrogens is 469 g/mol. The molecule has 0 radical (unpaired) electrons. The number of anilines is 3. The second kappa shape index (κ2) is 11.7. The third-order valence-corrected chi connectivity index (χ3v) is 5.54. The van der Waals surface area contributed by atoms with Gasteiger partial charge in [-0.3, -0.25) is 9.59 Å². The zero-order chi connectivity index (χ0) is 23.8. The van der Waals surface area contributed by atoms with Crippen LogP contribution in [0.15, 0.2) is 36.7 Å². The predicted molar refractivity (Wildman–Crippen MR) is 130 cm³/mol. The first-order valence-corrected chi connectivity index (χ1v) is 11.7. The monoisotopic (exact) mass is 491 g/mol. The highest BCUT2D eigenvalue weighted by molar-refractivity contribution is 7.99. The Balaban J connectivity index is 1.86. The van der Waals surface area contributed by atoms with Crippen molar-refractivity contribution in [3.05, 3.63) is 47.5 Å². The Morgan fingerprint density at radius 1 is 1.15 bits per heavy atom. The van der Waals surface area contributed by atoms with Crippen LogP contribution in [0.4, 0.5) is 21.6 Å². The van der Waals surface area contributed by atoms with Crippen LogP contribution in [0, 0.1) is 5.82 Å². The number of hydrogen-bond donors (Lipinski definition) is 3. The molecule has 0 saturated heterocycles. The van der Waals surface area contributed by atoms with E-state index in [-0.39, 0.29) is 17.5 Å². The Morgan fingerprint density at radius 3 is 2.70 bits per heavy atom. The number of rotatable bonds is 10. The largest absolute Gasteiger partial charge is 0.492 e. The summed E-state index contributed by atoms with van der Waals surface area (Å²) in [6, 6.07) is 7.60. The molecule has 11 heteroatoms. The lowest BCUT2D eigenvalue weighted by Gasteiger charge is -2.15. The van der Waals surface area contributed by atoms with E-state index in [1.54, 1.807) is 12.1 Å². The lowest BCUT2D eigenvalue weighted by Crippen LogP contribution is -2.34. The minimum Gasteiger partial charge on any atom is -0.492 e. The van der Waals surface area contributed by atoms with Crippen molar-refractivity contribution in [1.82, 2.24) is 15.3 Å². The second-order valence-electron chi connectivity index (χ2n) is 6.74. The maximum atomic E-state index is 13.5. The number of thioether (sulfide) groups is 1. The fourth-order valence-corrected chi connectivity index (χ4v) is 3.56. The molecule has 2 aromatic carbocycles. The van der Waals surface area contributed by atoms with Gasteiger partial charge in [0.05, 0.1) is 35.1 Å². The molecule has 2 amide bonds. The maximum absolute atomic E-state index is 13.5. The van der Waals surface area contributed by atoms with Gasteiger partial charge in [-0.05, 0) is 36.9 Å². The molecular formula is C22H23ClFN5O3S. The normalized spacial score (nSPS) is 10.7. The molecule has 0 spiro atoms. The van der Waals surface area contributed by atoms with Crippen LogP contribution < -0.4 is 20.7 Å². The number of hydrogen-bond acceptors (Lipinski definition) is 7. The van der Waals surface area contributed by atoms with Gasteiger partial charge in [0.1, 0.15) is 23.7 Å². The van der Waals surface area contributed by atoms with Gasteiger partial charge in [-0.1, -0.05) is 18.5 Å². The third-order valence-electron chi connectivity index (χ3n) is 4.38. The Hall–Kier alpha value is -3.11. The quantitative estimate of drug-likeness (QED) is 0.386. The highest BCUT2D eigenvalue weighted by Gasteiger charge is 2.14. The maximum Gasteiger partial charge on any atom is 0.243 e. The Bertz CT molecular complexity index is 1160. The summed E-state index contributed by atoms with van der Waals surface area (Å²) >= 11 is 7.35. The summed E-state index contributed by atoms with van der Waals surface area (Å²) in [5.41, 5.74) is 1.52. The third kappa shape index (κ3) is 6.69. The highest BCUT2D eigenvalue weighted by Crippen LogP contribution is 2.33. The highest BCUT2D eigenvalue weighted by atomic mass is 35.5. The molecule has 1 heterocycles. The summed E-state index contributed by atoms with van der Waals surface area (Å²) in [5.74, 6) is 0.842. The SMILES string of the molecule is CCOc1cc2ncnc(Nc3ccc(F)c(Cl)c3)c2cc1NC(=O)CNC(=O)CSCC. The van der Waals surface area contributed by atoms with Gasteiger partial charge in [-0.15, -0.1) is 0 Å². The number of nitrogens with one attached hydrogen (secondary N) is 3. The lowest BCUT2D eigenvalue weighted by molar-refractivity contribution is -0.122. The molecule has 0 saturated carbocycles. The van der Waals surface area contributed by atoms with Gasteiger partial charge >= 0.3 is 0 Å². The summed E-state index contributed by atoms with van der Waals surface area (Å²) in [6.45, 7) is 3.99. The number of nitrogens with zero attached hydrogens (tertiary/aromatic N) is 2. The van der Waals surface area contributed by atoms with Crippen LogP contribution in [-0.2, 0) is 9.59 Å². The molecule has 1 aromatic heterocycles. The number of halogens is 2. The average molecular weight is 492 g/mol. The standard InChI is InChI=1S/C22H23ClFN5O3S/c1-3-32-19-9-17-14(8-18(19)29-20(30)10-25-21(31)11-33-4-2)22(27-12-26-17)28-13-5-6-16(24)15(23)7-13/h5-9,12H,3-4,10-11H2,1-2H3,(H,25,31)(H,29,30)(H,26,27,28). The van der Waals surface area contributed by atoms with E-state index >= 15 is 0 Å². The molecule has 174 valence electrons. The van der Waals surface area contributed by atoms with Crippen molar-refractivity contribution < 1.29 is 18.7 Å². The molecule has 3 rings (SSSR count). The van der Waals surface area contributed by atoms with Gasteiger partial charge in [0.25, 0.3) is 0 Å². The first-order chi connectivity index (χ1) is 15.9. The van der Waals surface area contributed by atoms with Gasteiger partial charge in [0, 0.05) is 17.1 Å². The van der Waals surface area contributed by atoms with E-state index < -0.39 is 11.7 Å². The smallest absolute Gasteiger partial charge is 0.243 e. The first-order valence-electron chi connectivity index (χ1n) is 10.2. The zero-order valence-electron chi connectivity index (χ0n) is 18.1. The van der Waals surface area contributed by atoms with Crippen LogP contribution in [-0.4, -0.2) is 46.4 Å². The van der Waals surface area contributed by atoms with Gasteiger partial charge < -0.3 is 20.7 Å². The molecule has 3 N–H and O–H groups in total. The van der Waals surface area contributed by atoms with Gasteiger partial charge in [-0.2, -0.15) is 11.8 Å². The van der Waals surface area contributed by atoms with Crippen LogP contribution in [0.1, 0.15) is 13.8 Å². The summed E-state index contributed by atoms with van der Waals surface area (Å²) in [6.07, 6.45) is 1.38. The van der Waals surface area contributed by atoms with E-state index in [1.165, 1.54) is 36.3 Å². The lowest BCUT2D eigenvalue weighted by atomic mass is 10.1. The number of carbonyl (C=O) groups is 2. The van der Waals surface area contributed by atoms with E-state index in [4.69, 9.17) is 16.3 Å². The minimum absolute atomic E-state index is 0.0238. The number of amides is 2. The van der Waals surface area contributed by atoms with Crippen LogP contribution in [0.5, 0.6) is 5.75 Å². The van der Waals surface area contributed by atoms with E-state index in [1.807, 2.05) is 13.8 Å². The summed E-state index contributed by atoms with van der Waals surface area (Å²) in [4.78, 5) is 32.8. The molecule has 0 atom stereocenters. The Labute approximate surface area is 199 Å². The molecule has 0 unspecified atom stereocenters. The van der Waals surface area contributed by atoms with E-state index in [0.29, 0.717) is 46.2 Å². The zero-order valence-corrected chi connectivity index (χ0v) is 19.6. The van der Waals surface area contributed by atoms with E-state index in [0.717, 1.165) is 5.75 Å². The van der Waals surface area contributed by atoms with Crippen LogP contribution in [0.3, 0.4) is 0 Å². The molecule has 0 aliphatic carbocycles. The van der Waals surface area contributed by atoms with Gasteiger partial charge in [-0.25, -0.2) is 14.4 Å². The van der Waals surface area contributed by atoms with Gasteiger partial charge in [0.15, 0.2) is 0 Å². The number of carbonyl (C=O) groups excluding carboxylic acids is 2. The Morgan fingerprint density at radius 2 is 1.97 bits per heavy atom. The van der Waals surface area contributed by atoms with Crippen molar-refractivity contribution in [2.24, 2.45) is 0 Å². The number of fused-ring (bicyclic) bond motifs is 1. The van der Waals surface area contributed by atoms with Crippen LogP contribution >= 0.6 is 23.4 Å². The number of benzene rings is 2. The summed E-state index contributed by atoms with van der Waals surface area (Å²) in [7, 11) is 0. The molecule has 33 heavy (non-hydrogen) atoms. The fraction of sp³-hybridized carbons (Fsp3) is 0.273. The molecule has 3 aromatic rings. The molecule has 0 aliphatic heterocycles. The minimum atomic E-state index is -0.526. The summed E-state index contributed by atoms with van der Waals surface area (Å²) in [5, 5.41) is 9.02.